The lowest BCUT2D eigenvalue weighted by Crippen LogP contribution is -2.61. The van der Waals surface area contributed by atoms with Crippen molar-refractivity contribution < 1.29 is 23.9 Å². The number of likely N-dealkylation sites (N-methyl/N-ethyl adjacent to an activating group) is 1. The highest BCUT2D eigenvalue weighted by Gasteiger charge is 2.44. The van der Waals surface area contributed by atoms with E-state index in [-0.39, 0.29) is 36.8 Å². The van der Waals surface area contributed by atoms with Crippen molar-refractivity contribution in [3.8, 4) is 11.5 Å². The zero-order chi connectivity index (χ0) is 26.6. The van der Waals surface area contributed by atoms with Crippen LogP contribution in [-0.2, 0) is 14.4 Å². The van der Waals surface area contributed by atoms with Gasteiger partial charge in [-0.05, 0) is 37.0 Å². The van der Waals surface area contributed by atoms with Gasteiger partial charge in [-0.25, -0.2) is 5.43 Å². The third kappa shape index (κ3) is 7.34. The van der Waals surface area contributed by atoms with Crippen LogP contribution in [0.2, 0.25) is 0 Å². The first-order valence-electron chi connectivity index (χ1n) is 12.5. The Morgan fingerprint density at radius 3 is 2.35 bits per heavy atom. The molecule has 3 N–H and O–H groups in total. The van der Waals surface area contributed by atoms with Crippen molar-refractivity contribution in [3.63, 3.8) is 0 Å². The number of nitrogens with zero attached hydrogens (tertiary/aromatic N) is 3. The van der Waals surface area contributed by atoms with E-state index in [1.54, 1.807) is 28.3 Å². The molecule has 2 amide bonds. The van der Waals surface area contributed by atoms with Gasteiger partial charge in [0.25, 0.3) is 5.91 Å². The van der Waals surface area contributed by atoms with Gasteiger partial charge in [-0.1, -0.05) is 19.9 Å². The average molecular weight is 540 g/mol. The van der Waals surface area contributed by atoms with E-state index < -0.39 is 23.1 Å². The number of rotatable bonds is 9. The standard InChI is InChI=1S/C26H41N5O5.ClH/c1-26(2)15-20(17-7-8-22(35-5)23(13-17)36-6)28-31(25(26)34)19-9-11-30(12-10-19)16-18(27)14-21(32)24(33)29(3)4;/h7-8,13,18-20,28H,9-12,14-16,27H2,1-6H3;1H/t18-,20?;/m1./s1. The molecule has 1 unspecified atom stereocenters. The lowest BCUT2D eigenvalue weighted by molar-refractivity contribution is -0.156. The van der Waals surface area contributed by atoms with E-state index in [1.807, 2.05) is 37.1 Å². The normalized spacial score (nSPS) is 21.1. The maximum Gasteiger partial charge on any atom is 0.289 e. The molecular formula is C26H42ClN5O5. The molecule has 3 rings (SSSR count). The molecule has 2 aliphatic rings. The summed E-state index contributed by atoms with van der Waals surface area (Å²) in [7, 11) is 6.35. The molecule has 1 aromatic carbocycles. The van der Waals surface area contributed by atoms with E-state index in [4.69, 9.17) is 15.2 Å². The number of carbonyl (C=O) groups excluding carboxylic acids is 3. The molecule has 0 aromatic heterocycles. The molecular weight excluding hydrogens is 498 g/mol. The second-order valence-electron chi connectivity index (χ2n) is 10.7. The van der Waals surface area contributed by atoms with Crippen molar-refractivity contribution in [1.82, 2.24) is 20.2 Å². The number of benzene rings is 1. The molecule has 11 heteroatoms. The van der Waals surface area contributed by atoms with Crippen LogP contribution in [0.15, 0.2) is 18.2 Å². The summed E-state index contributed by atoms with van der Waals surface area (Å²) in [6, 6.07) is 5.49. The molecule has 0 spiro atoms. The van der Waals surface area contributed by atoms with Gasteiger partial charge >= 0.3 is 0 Å². The molecule has 10 nitrogen and oxygen atoms in total. The lowest BCUT2D eigenvalue weighted by atomic mass is 9.80. The predicted octanol–water partition coefficient (Wildman–Crippen LogP) is 1.77. The first-order chi connectivity index (χ1) is 17.0. The number of hydrogen-bond donors (Lipinski definition) is 2. The number of amides is 2. The number of carbonyl (C=O) groups is 3. The fraction of sp³-hybridized carbons (Fsp3) is 0.654. The second-order valence-corrected chi connectivity index (χ2v) is 10.7. The number of hydrazine groups is 1. The van der Waals surface area contributed by atoms with E-state index in [1.165, 1.54) is 4.90 Å². The van der Waals surface area contributed by atoms with Gasteiger partial charge in [-0.15, -0.1) is 12.4 Å². The number of nitrogens with one attached hydrogen (secondary N) is 1. The largest absolute Gasteiger partial charge is 0.493 e. The Bertz CT molecular complexity index is 965. The molecule has 0 radical (unpaired) electrons. The zero-order valence-electron chi connectivity index (χ0n) is 22.8. The van der Waals surface area contributed by atoms with Gasteiger partial charge in [0.05, 0.1) is 26.3 Å². The smallest absolute Gasteiger partial charge is 0.289 e. The number of ketones is 1. The number of methoxy groups -OCH3 is 2. The summed E-state index contributed by atoms with van der Waals surface area (Å²) < 4.78 is 10.9. The Morgan fingerprint density at radius 2 is 1.78 bits per heavy atom. The monoisotopic (exact) mass is 539 g/mol. The van der Waals surface area contributed by atoms with E-state index in [0.717, 1.165) is 31.5 Å². The fourth-order valence-electron chi connectivity index (χ4n) is 5.06. The minimum atomic E-state index is -0.523. The summed E-state index contributed by atoms with van der Waals surface area (Å²) in [6.45, 7) is 6.07. The summed E-state index contributed by atoms with van der Waals surface area (Å²) in [5, 5.41) is 1.83. The van der Waals surface area contributed by atoms with Crippen molar-refractivity contribution in [1.29, 1.82) is 0 Å². The van der Waals surface area contributed by atoms with Crippen LogP contribution < -0.4 is 20.6 Å². The molecule has 2 saturated heterocycles. The summed E-state index contributed by atoms with van der Waals surface area (Å²) in [6.07, 6.45) is 2.30. The van der Waals surface area contributed by atoms with Crippen LogP contribution in [0, 0.1) is 5.41 Å². The third-order valence-corrected chi connectivity index (χ3v) is 7.12. The highest BCUT2D eigenvalue weighted by Crippen LogP contribution is 2.40. The predicted molar refractivity (Wildman–Crippen MR) is 144 cm³/mol. The minimum absolute atomic E-state index is 0. The number of nitrogens with two attached hydrogens (primary N) is 1. The topological polar surface area (TPSA) is 117 Å². The molecule has 1 aromatic rings. The first-order valence-corrected chi connectivity index (χ1v) is 12.5. The van der Waals surface area contributed by atoms with Crippen LogP contribution in [0.3, 0.4) is 0 Å². The zero-order valence-corrected chi connectivity index (χ0v) is 23.6. The first kappa shape index (κ1) is 30.8. The second kappa shape index (κ2) is 12.9. The van der Waals surface area contributed by atoms with Crippen molar-refractivity contribution in [2.24, 2.45) is 11.1 Å². The van der Waals surface area contributed by atoms with Gasteiger partial charge in [-0.2, -0.15) is 0 Å². The van der Waals surface area contributed by atoms with Crippen molar-refractivity contribution in [2.75, 3.05) is 47.9 Å². The third-order valence-electron chi connectivity index (χ3n) is 7.12. The van der Waals surface area contributed by atoms with Crippen LogP contribution in [0.4, 0.5) is 0 Å². The lowest BCUT2D eigenvalue weighted by Gasteiger charge is -2.48. The van der Waals surface area contributed by atoms with Crippen LogP contribution >= 0.6 is 12.4 Å². The van der Waals surface area contributed by atoms with Gasteiger partial charge < -0.3 is 25.0 Å². The molecule has 37 heavy (non-hydrogen) atoms. The van der Waals surface area contributed by atoms with Gasteiger partial charge in [0.1, 0.15) is 0 Å². The van der Waals surface area contributed by atoms with E-state index in [9.17, 15) is 14.4 Å². The molecule has 2 aliphatic heterocycles. The summed E-state index contributed by atoms with van der Waals surface area (Å²) in [4.78, 5) is 40.7. The van der Waals surface area contributed by atoms with Crippen molar-refractivity contribution in [3.05, 3.63) is 23.8 Å². The van der Waals surface area contributed by atoms with E-state index in [0.29, 0.717) is 24.5 Å². The Morgan fingerprint density at radius 1 is 1.16 bits per heavy atom. The van der Waals surface area contributed by atoms with Crippen LogP contribution in [0.1, 0.15) is 51.1 Å². The maximum atomic E-state index is 13.4. The summed E-state index contributed by atoms with van der Waals surface area (Å²) >= 11 is 0. The Kier molecular flexibility index (Phi) is 10.8. The van der Waals surface area contributed by atoms with E-state index >= 15 is 0 Å². The molecule has 2 heterocycles. The average Bonchev–Trinajstić information content (AvgIpc) is 2.84. The molecule has 0 aliphatic carbocycles. The Hall–Kier alpha value is -2.40. The molecule has 2 atom stereocenters. The molecule has 2 fully saturated rings. The number of hydrogen-bond acceptors (Lipinski definition) is 8. The Labute approximate surface area is 226 Å². The molecule has 0 bridgehead atoms. The summed E-state index contributed by atoms with van der Waals surface area (Å²) in [5.41, 5.74) is 10.2. The number of halogens is 1. The van der Waals surface area contributed by atoms with E-state index in [2.05, 4.69) is 10.3 Å². The Balaban J connectivity index is 0.00000481. The number of piperidine rings is 1. The highest BCUT2D eigenvalue weighted by atomic mass is 35.5. The summed E-state index contributed by atoms with van der Waals surface area (Å²) in [5.74, 6) is 0.442. The number of ether oxygens (including phenoxy) is 2. The quantitative estimate of drug-likeness (QED) is 0.456. The number of Topliss-reactive ketones (excluding diaryl/α,β-unsaturated/α-hetero) is 1. The fourth-order valence-corrected chi connectivity index (χ4v) is 5.06. The van der Waals surface area contributed by atoms with Crippen molar-refractivity contribution in [2.45, 2.75) is 57.7 Å². The number of likely N-dealkylation sites (tertiary alicyclic amines) is 1. The highest BCUT2D eigenvalue weighted by molar-refractivity contribution is 6.36. The van der Waals surface area contributed by atoms with Crippen LogP contribution in [0.25, 0.3) is 0 Å². The van der Waals surface area contributed by atoms with Gasteiger partial charge in [-0.3, -0.25) is 19.4 Å². The minimum Gasteiger partial charge on any atom is -0.493 e. The maximum absolute atomic E-state index is 13.4. The molecule has 0 saturated carbocycles. The molecule has 208 valence electrons. The van der Waals surface area contributed by atoms with Crippen LogP contribution in [-0.4, -0.2) is 92.4 Å². The van der Waals surface area contributed by atoms with Crippen molar-refractivity contribution >= 4 is 30.0 Å². The van der Waals surface area contributed by atoms with Gasteiger partial charge in [0.2, 0.25) is 11.7 Å². The van der Waals surface area contributed by atoms with Gasteiger partial charge in [0, 0.05) is 51.6 Å². The van der Waals surface area contributed by atoms with Crippen LogP contribution in [0.5, 0.6) is 11.5 Å². The SMILES string of the molecule is COc1ccc(C2CC(C)(C)C(=O)N(C3CCN(C[C@H](N)CC(=O)C(=O)N(C)C)CC3)N2)cc1OC.Cl. The van der Waals surface area contributed by atoms with Gasteiger partial charge in [0.15, 0.2) is 11.5 Å².